The highest BCUT2D eigenvalue weighted by molar-refractivity contribution is 9.10. The van der Waals surface area contributed by atoms with Gasteiger partial charge < -0.3 is 9.72 Å². The lowest BCUT2D eigenvalue weighted by Gasteiger charge is -2.09. The van der Waals surface area contributed by atoms with Gasteiger partial charge in [0.2, 0.25) is 5.43 Å². The number of hydrogen-bond acceptors (Lipinski definition) is 2. The molecule has 84 valence electrons. The summed E-state index contributed by atoms with van der Waals surface area (Å²) in [6, 6.07) is 3.75. The molecule has 0 aliphatic rings. The SMILES string of the molecule is COc1ccc(C)c2c(=O)c(Br)c(C)[nH]c12. The van der Waals surface area contributed by atoms with Gasteiger partial charge in [0.1, 0.15) is 5.75 Å². The largest absolute Gasteiger partial charge is 0.495 e. The molecule has 0 amide bonds. The van der Waals surface area contributed by atoms with E-state index in [1.165, 1.54) is 0 Å². The monoisotopic (exact) mass is 281 g/mol. The summed E-state index contributed by atoms with van der Waals surface area (Å²) in [5, 5.41) is 0.678. The van der Waals surface area contributed by atoms with Crippen molar-refractivity contribution in [3.05, 3.63) is 38.1 Å². The maximum atomic E-state index is 12.1. The van der Waals surface area contributed by atoms with E-state index in [9.17, 15) is 4.79 Å². The molecule has 4 heteroatoms. The van der Waals surface area contributed by atoms with Crippen molar-refractivity contribution in [2.45, 2.75) is 13.8 Å². The molecule has 1 N–H and O–H groups in total. The highest BCUT2D eigenvalue weighted by atomic mass is 79.9. The quantitative estimate of drug-likeness (QED) is 0.873. The van der Waals surface area contributed by atoms with Crippen molar-refractivity contribution in [2.24, 2.45) is 0 Å². The Hall–Kier alpha value is -1.29. The molecule has 1 heterocycles. The van der Waals surface area contributed by atoms with E-state index in [0.29, 0.717) is 15.6 Å². The van der Waals surface area contributed by atoms with Crippen LogP contribution in [0.4, 0.5) is 0 Å². The number of fused-ring (bicyclic) bond motifs is 1. The Labute approximate surface area is 102 Å². The average molecular weight is 282 g/mol. The fourth-order valence-corrected chi connectivity index (χ4v) is 2.09. The number of ether oxygens (including phenoxy) is 1. The van der Waals surface area contributed by atoms with Gasteiger partial charge in [-0.15, -0.1) is 0 Å². The highest BCUT2D eigenvalue weighted by Crippen LogP contribution is 2.26. The minimum atomic E-state index is 0.00245. The van der Waals surface area contributed by atoms with E-state index >= 15 is 0 Å². The van der Waals surface area contributed by atoms with Crippen LogP contribution in [0.1, 0.15) is 11.3 Å². The second-order valence-corrected chi connectivity index (χ2v) is 4.52. The Morgan fingerprint density at radius 3 is 2.62 bits per heavy atom. The number of nitrogens with one attached hydrogen (secondary N) is 1. The van der Waals surface area contributed by atoms with Gasteiger partial charge in [-0.2, -0.15) is 0 Å². The normalized spacial score (nSPS) is 10.8. The van der Waals surface area contributed by atoms with Gasteiger partial charge in [0, 0.05) is 5.69 Å². The molecule has 16 heavy (non-hydrogen) atoms. The third-order valence-corrected chi connectivity index (χ3v) is 3.62. The first-order chi connectivity index (χ1) is 7.56. The summed E-state index contributed by atoms with van der Waals surface area (Å²) in [5.74, 6) is 0.688. The van der Waals surface area contributed by atoms with Crippen LogP contribution in [0.2, 0.25) is 0 Å². The first kappa shape index (κ1) is 11.2. The predicted molar refractivity (Wildman–Crippen MR) is 68.3 cm³/mol. The van der Waals surface area contributed by atoms with Crippen LogP contribution in [-0.4, -0.2) is 12.1 Å². The van der Waals surface area contributed by atoms with Crippen LogP contribution >= 0.6 is 15.9 Å². The van der Waals surface area contributed by atoms with Crippen molar-refractivity contribution in [3.63, 3.8) is 0 Å². The van der Waals surface area contributed by atoms with Gasteiger partial charge in [-0.05, 0) is 41.4 Å². The summed E-state index contributed by atoms with van der Waals surface area (Å²) in [4.78, 5) is 15.3. The molecule has 2 aromatic rings. The molecule has 0 radical (unpaired) electrons. The average Bonchev–Trinajstić information content (AvgIpc) is 2.26. The third kappa shape index (κ3) is 1.53. The number of aryl methyl sites for hydroxylation is 2. The van der Waals surface area contributed by atoms with Crippen LogP contribution in [0.25, 0.3) is 10.9 Å². The lowest BCUT2D eigenvalue weighted by atomic mass is 10.1. The summed E-state index contributed by atoms with van der Waals surface area (Å²) < 4.78 is 5.83. The first-order valence-corrected chi connectivity index (χ1v) is 5.71. The highest BCUT2D eigenvalue weighted by Gasteiger charge is 2.12. The molecule has 3 nitrogen and oxygen atoms in total. The van der Waals surface area contributed by atoms with Gasteiger partial charge in [-0.3, -0.25) is 4.79 Å². The Morgan fingerprint density at radius 2 is 2.00 bits per heavy atom. The Morgan fingerprint density at radius 1 is 1.31 bits per heavy atom. The lowest BCUT2D eigenvalue weighted by Crippen LogP contribution is -2.08. The molecule has 1 aromatic heterocycles. The van der Waals surface area contributed by atoms with E-state index in [4.69, 9.17) is 4.74 Å². The second kappa shape index (κ2) is 3.94. The number of pyridine rings is 1. The van der Waals surface area contributed by atoms with Crippen molar-refractivity contribution < 1.29 is 4.74 Å². The van der Waals surface area contributed by atoms with Crippen molar-refractivity contribution in [3.8, 4) is 5.75 Å². The van der Waals surface area contributed by atoms with E-state index in [-0.39, 0.29) is 5.43 Å². The smallest absolute Gasteiger partial charge is 0.204 e. The topological polar surface area (TPSA) is 42.1 Å². The van der Waals surface area contributed by atoms with Gasteiger partial charge in [-0.25, -0.2) is 0 Å². The van der Waals surface area contributed by atoms with Crippen molar-refractivity contribution in [1.29, 1.82) is 0 Å². The third-order valence-electron chi connectivity index (χ3n) is 2.66. The summed E-state index contributed by atoms with van der Waals surface area (Å²) in [6.07, 6.45) is 0. The van der Waals surface area contributed by atoms with Crippen LogP contribution in [-0.2, 0) is 0 Å². The van der Waals surface area contributed by atoms with Gasteiger partial charge in [0.25, 0.3) is 0 Å². The van der Waals surface area contributed by atoms with Gasteiger partial charge >= 0.3 is 0 Å². The van der Waals surface area contributed by atoms with Crippen molar-refractivity contribution in [2.75, 3.05) is 7.11 Å². The van der Waals surface area contributed by atoms with Gasteiger partial charge in [0.15, 0.2) is 0 Å². The zero-order valence-corrected chi connectivity index (χ0v) is 10.9. The fraction of sp³-hybridized carbons (Fsp3) is 0.250. The number of halogens is 1. The van der Waals surface area contributed by atoms with E-state index in [2.05, 4.69) is 20.9 Å². The molecule has 0 atom stereocenters. The summed E-state index contributed by atoms with van der Waals surface area (Å²) >= 11 is 3.30. The number of hydrogen-bond donors (Lipinski definition) is 1. The lowest BCUT2D eigenvalue weighted by molar-refractivity contribution is 0.418. The van der Waals surface area contributed by atoms with Gasteiger partial charge in [-0.1, -0.05) is 6.07 Å². The summed E-state index contributed by atoms with van der Waals surface area (Å²) in [5.41, 5.74) is 2.51. The number of H-pyrrole nitrogens is 1. The molecule has 0 bridgehead atoms. The predicted octanol–water partition coefficient (Wildman–Crippen LogP) is 2.92. The second-order valence-electron chi connectivity index (χ2n) is 3.73. The molecule has 0 spiro atoms. The van der Waals surface area contributed by atoms with E-state index in [0.717, 1.165) is 16.8 Å². The molecular formula is C12H12BrNO2. The van der Waals surface area contributed by atoms with Crippen molar-refractivity contribution >= 4 is 26.8 Å². The number of methoxy groups -OCH3 is 1. The number of rotatable bonds is 1. The fourth-order valence-electron chi connectivity index (χ4n) is 1.80. The molecule has 0 fully saturated rings. The zero-order chi connectivity index (χ0) is 11.9. The van der Waals surface area contributed by atoms with E-state index < -0.39 is 0 Å². The Balaban J connectivity index is 3.05. The minimum Gasteiger partial charge on any atom is -0.495 e. The summed E-state index contributed by atoms with van der Waals surface area (Å²) in [6.45, 7) is 3.77. The molecule has 1 aromatic carbocycles. The molecule has 0 unspecified atom stereocenters. The van der Waals surface area contributed by atoms with E-state index in [1.807, 2.05) is 26.0 Å². The Bertz CT molecular complexity index is 616. The van der Waals surface area contributed by atoms with Crippen LogP contribution in [0.5, 0.6) is 5.75 Å². The molecule has 2 rings (SSSR count). The van der Waals surface area contributed by atoms with Crippen LogP contribution < -0.4 is 10.2 Å². The van der Waals surface area contributed by atoms with Crippen LogP contribution in [0, 0.1) is 13.8 Å². The zero-order valence-electron chi connectivity index (χ0n) is 9.35. The standard InChI is InChI=1S/C12H12BrNO2/c1-6-4-5-8(16-3)11-9(6)12(15)10(13)7(2)14-11/h4-5H,1-3H3,(H,14,15). The molecule has 0 aliphatic heterocycles. The molecule has 0 saturated carbocycles. The Kier molecular flexibility index (Phi) is 2.76. The van der Waals surface area contributed by atoms with Crippen LogP contribution in [0.3, 0.4) is 0 Å². The maximum absolute atomic E-state index is 12.1. The number of benzene rings is 1. The first-order valence-electron chi connectivity index (χ1n) is 4.92. The number of aromatic amines is 1. The molecule has 0 aliphatic carbocycles. The summed E-state index contributed by atoms with van der Waals surface area (Å²) in [7, 11) is 1.60. The van der Waals surface area contributed by atoms with E-state index in [1.54, 1.807) is 7.11 Å². The van der Waals surface area contributed by atoms with Gasteiger partial charge in [0.05, 0.1) is 22.5 Å². The number of aromatic nitrogens is 1. The molecule has 0 saturated heterocycles. The minimum absolute atomic E-state index is 0.00245. The molecular weight excluding hydrogens is 270 g/mol. The van der Waals surface area contributed by atoms with Crippen molar-refractivity contribution in [1.82, 2.24) is 4.98 Å². The maximum Gasteiger partial charge on any atom is 0.204 e. The van der Waals surface area contributed by atoms with Crippen LogP contribution in [0.15, 0.2) is 21.4 Å².